The normalized spacial score (nSPS) is 18.0. The number of aromatic nitrogens is 1. The first-order valence-electron chi connectivity index (χ1n) is 6.91. The third kappa shape index (κ3) is 4.03. The standard InChI is InChI=1S/C14H25N3O2/c1-11(2)7-15-14(9-18-10-14)6-12-5-13(19-16-12)8-17(3)4/h5,11,15H,6-10H2,1-4H3. The van der Waals surface area contributed by atoms with Crippen molar-refractivity contribution >= 4 is 0 Å². The molecule has 0 saturated carbocycles. The quantitative estimate of drug-likeness (QED) is 0.807. The Morgan fingerprint density at radius 1 is 1.42 bits per heavy atom. The van der Waals surface area contributed by atoms with Crippen LogP contribution in [0.5, 0.6) is 0 Å². The first-order chi connectivity index (χ1) is 8.99. The number of rotatable bonds is 7. The molecule has 0 aromatic carbocycles. The zero-order valence-corrected chi connectivity index (χ0v) is 12.4. The van der Waals surface area contributed by atoms with E-state index >= 15 is 0 Å². The minimum atomic E-state index is 0.0521. The number of ether oxygens (including phenoxy) is 1. The van der Waals surface area contributed by atoms with E-state index in [0.29, 0.717) is 5.92 Å². The van der Waals surface area contributed by atoms with Crippen molar-refractivity contribution in [1.29, 1.82) is 0 Å². The molecule has 0 radical (unpaired) electrons. The van der Waals surface area contributed by atoms with Gasteiger partial charge in [0.15, 0.2) is 5.76 Å². The minimum Gasteiger partial charge on any atom is -0.377 e. The molecule has 1 fully saturated rings. The molecule has 5 heteroatoms. The lowest BCUT2D eigenvalue weighted by atomic mass is 9.90. The van der Waals surface area contributed by atoms with Crippen molar-refractivity contribution in [1.82, 2.24) is 15.4 Å². The average molecular weight is 267 g/mol. The Kier molecular flexibility index (Phi) is 4.60. The Bertz CT molecular complexity index is 397. The number of nitrogens with one attached hydrogen (secondary N) is 1. The van der Waals surface area contributed by atoms with Gasteiger partial charge in [0, 0.05) is 12.5 Å². The molecule has 19 heavy (non-hydrogen) atoms. The van der Waals surface area contributed by atoms with Gasteiger partial charge in [-0.15, -0.1) is 0 Å². The van der Waals surface area contributed by atoms with Gasteiger partial charge in [0.25, 0.3) is 0 Å². The maximum Gasteiger partial charge on any atom is 0.150 e. The van der Waals surface area contributed by atoms with Crippen molar-refractivity contribution in [2.45, 2.75) is 32.4 Å². The van der Waals surface area contributed by atoms with E-state index in [4.69, 9.17) is 9.26 Å². The highest BCUT2D eigenvalue weighted by Crippen LogP contribution is 2.23. The fraction of sp³-hybridized carbons (Fsp3) is 0.786. The monoisotopic (exact) mass is 267 g/mol. The van der Waals surface area contributed by atoms with Gasteiger partial charge in [-0.2, -0.15) is 0 Å². The Labute approximate surface area is 115 Å². The third-order valence-electron chi connectivity index (χ3n) is 3.24. The SMILES string of the molecule is CC(C)CNC1(Cc2cc(CN(C)C)on2)COC1. The summed E-state index contributed by atoms with van der Waals surface area (Å²) in [6, 6.07) is 2.05. The summed E-state index contributed by atoms with van der Waals surface area (Å²) in [5, 5.41) is 7.78. The van der Waals surface area contributed by atoms with Crippen molar-refractivity contribution in [3.63, 3.8) is 0 Å². The Morgan fingerprint density at radius 2 is 2.16 bits per heavy atom. The van der Waals surface area contributed by atoms with Gasteiger partial charge in [-0.05, 0) is 26.6 Å². The summed E-state index contributed by atoms with van der Waals surface area (Å²) in [5.41, 5.74) is 1.06. The largest absolute Gasteiger partial charge is 0.377 e. The molecule has 0 atom stereocenters. The summed E-state index contributed by atoms with van der Waals surface area (Å²) in [5.74, 6) is 1.55. The van der Waals surface area contributed by atoms with Crippen LogP contribution in [0.2, 0.25) is 0 Å². The first-order valence-corrected chi connectivity index (χ1v) is 6.91. The van der Waals surface area contributed by atoms with E-state index in [-0.39, 0.29) is 5.54 Å². The summed E-state index contributed by atoms with van der Waals surface area (Å²) in [7, 11) is 4.04. The molecule has 2 heterocycles. The molecule has 1 N–H and O–H groups in total. The second-order valence-corrected chi connectivity index (χ2v) is 6.25. The lowest BCUT2D eigenvalue weighted by molar-refractivity contribution is -0.0755. The second-order valence-electron chi connectivity index (χ2n) is 6.25. The van der Waals surface area contributed by atoms with E-state index in [9.17, 15) is 0 Å². The molecular weight excluding hydrogens is 242 g/mol. The molecule has 0 unspecified atom stereocenters. The highest BCUT2D eigenvalue weighted by molar-refractivity contribution is 5.12. The fourth-order valence-corrected chi connectivity index (χ4v) is 2.21. The molecule has 1 aliphatic heterocycles. The van der Waals surface area contributed by atoms with Gasteiger partial charge in [-0.25, -0.2) is 0 Å². The maximum absolute atomic E-state index is 5.38. The Hall–Kier alpha value is -0.910. The highest BCUT2D eigenvalue weighted by Gasteiger charge is 2.39. The van der Waals surface area contributed by atoms with E-state index in [0.717, 1.165) is 44.2 Å². The lowest BCUT2D eigenvalue weighted by Gasteiger charge is -2.42. The summed E-state index contributed by atoms with van der Waals surface area (Å²) in [4.78, 5) is 2.07. The topological polar surface area (TPSA) is 50.5 Å². The van der Waals surface area contributed by atoms with Crippen molar-refractivity contribution in [3.8, 4) is 0 Å². The lowest BCUT2D eigenvalue weighted by Crippen LogP contribution is -2.62. The Balaban J connectivity index is 1.92. The van der Waals surface area contributed by atoms with Crippen LogP contribution in [-0.2, 0) is 17.7 Å². The van der Waals surface area contributed by atoms with Crippen LogP contribution in [0.15, 0.2) is 10.6 Å². The highest BCUT2D eigenvalue weighted by atomic mass is 16.5. The first kappa shape index (κ1) is 14.5. The van der Waals surface area contributed by atoms with Gasteiger partial charge in [-0.1, -0.05) is 19.0 Å². The van der Waals surface area contributed by atoms with Gasteiger partial charge in [0.2, 0.25) is 0 Å². The van der Waals surface area contributed by atoms with Crippen LogP contribution < -0.4 is 5.32 Å². The predicted molar refractivity (Wildman–Crippen MR) is 74.0 cm³/mol. The van der Waals surface area contributed by atoms with Gasteiger partial charge in [0.1, 0.15) is 0 Å². The van der Waals surface area contributed by atoms with E-state index in [1.54, 1.807) is 0 Å². The summed E-state index contributed by atoms with van der Waals surface area (Å²) < 4.78 is 10.7. The number of hydrogen-bond acceptors (Lipinski definition) is 5. The van der Waals surface area contributed by atoms with Crippen LogP contribution in [0.4, 0.5) is 0 Å². The molecule has 1 saturated heterocycles. The van der Waals surface area contributed by atoms with E-state index in [1.807, 2.05) is 14.1 Å². The van der Waals surface area contributed by atoms with E-state index in [2.05, 4.69) is 35.3 Å². The van der Waals surface area contributed by atoms with E-state index < -0.39 is 0 Å². The van der Waals surface area contributed by atoms with Crippen molar-refractivity contribution in [3.05, 3.63) is 17.5 Å². The van der Waals surface area contributed by atoms with E-state index in [1.165, 1.54) is 0 Å². The third-order valence-corrected chi connectivity index (χ3v) is 3.24. The smallest absolute Gasteiger partial charge is 0.150 e. The van der Waals surface area contributed by atoms with Crippen LogP contribution in [-0.4, -0.2) is 49.4 Å². The number of nitrogens with zero attached hydrogens (tertiary/aromatic N) is 2. The van der Waals surface area contributed by atoms with Crippen molar-refractivity contribution in [2.75, 3.05) is 33.9 Å². The summed E-state index contributed by atoms with van der Waals surface area (Å²) in [6.07, 6.45) is 0.872. The zero-order chi connectivity index (χ0) is 13.9. The summed E-state index contributed by atoms with van der Waals surface area (Å²) in [6.45, 7) is 7.74. The van der Waals surface area contributed by atoms with Crippen molar-refractivity contribution < 1.29 is 9.26 Å². The van der Waals surface area contributed by atoms with Crippen LogP contribution in [0, 0.1) is 5.92 Å². The molecular formula is C14H25N3O2. The predicted octanol–water partition coefficient (Wildman–Crippen LogP) is 1.29. The molecule has 5 nitrogen and oxygen atoms in total. The second kappa shape index (κ2) is 6.03. The molecule has 0 bridgehead atoms. The Morgan fingerprint density at radius 3 is 2.68 bits per heavy atom. The summed E-state index contributed by atoms with van der Waals surface area (Å²) >= 11 is 0. The van der Waals surface area contributed by atoms with Gasteiger partial charge < -0.3 is 19.5 Å². The minimum absolute atomic E-state index is 0.0521. The van der Waals surface area contributed by atoms with Gasteiger partial charge >= 0.3 is 0 Å². The molecule has 0 spiro atoms. The zero-order valence-electron chi connectivity index (χ0n) is 12.4. The molecule has 0 amide bonds. The molecule has 1 aromatic rings. The van der Waals surface area contributed by atoms with Crippen LogP contribution >= 0.6 is 0 Å². The molecule has 0 aliphatic carbocycles. The average Bonchev–Trinajstić information content (AvgIpc) is 2.68. The van der Waals surface area contributed by atoms with Gasteiger partial charge in [0.05, 0.1) is 31.0 Å². The molecule has 2 rings (SSSR count). The fourth-order valence-electron chi connectivity index (χ4n) is 2.21. The molecule has 108 valence electrons. The van der Waals surface area contributed by atoms with Gasteiger partial charge in [-0.3, -0.25) is 0 Å². The molecule has 1 aliphatic rings. The van der Waals surface area contributed by atoms with Crippen LogP contribution in [0.3, 0.4) is 0 Å². The molecule has 1 aromatic heterocycles. The number of hydrogen-bond donors (Lipinski definition) is 1. The van der Waals surface area contributed by atoms with Crippen LogP contribution in [0.1, 0.15) is 25.3 Å². The maximum atomic E-state index is 5.38. The van der Waals surface area contributed by atoms with Crippen LogP contribution in [0.25, 0.3) is 0 Å². The van der Waals surface area contributed by atoms with Crippen molar-refractivity contribution in [2.24, 2.45) is 5.92 Å².